The Kier molecular flexibility index (Phi) is 7.23. The maximum atomic E-state index is 11.2. The maximum Gasteiger partial charge on any atom is 0.332 e. The number of ether oxygens (including phenoxy) is 2. The highest BCUT2D eigenvalue weighted by Gasteiger charge is 2.14. The molecule has 3 heteroatoms. The fourth-order valence-corrected chi connectivity index (χ4v) is 2.03. The number of esters is 1. The van der Waals surface area contributed by atoms with Crippen molar-refractivity contribution in [1.82, 2.24) is 0 Å². The smallest absolute Gasteiger partial charge is 0.332 e. The highest BCUT2D eigenvalue weighted by atomic mass is 16.6. The Morgan fingerprint density at radius 3 is 2.69 bits per heavy atom. The molecule has 1 aliphatic carbocycles. The van der Waals surface area contributed by atoms with Crippen molar-refractivity contribution in [3.05, 3.63) is 0 Å². The molecule has 0 aliphatic heterocycles. The van der Waals surface area contributed by atoms with Crippen molar-refractivity contribution in [2.45, 2.75) is 51.9 Å². The molecule has 16 heavy (non-hydrogen) atoms. The van der Waals surface area contributed by atoms with Gasteiger partial charge >= 0.3 is 5.97 Å². The molecule has 0 saturated heterocycles. The Morgan fingerprint density at radius 2 is 2.00 bits per heavy atom. The first-order valence-corrected chi connectivity index (χ1v) is 6.56. The van der Waals surface area contributed by atoms with Crippen LogP contribution in [0.3, 0.4) is 0 Å². The lowest BCUT2D eigenvalue weighted by atomic mass is 9.90. The molecule has 1 aliphatic rings. The Labute approximate surface area is 98.5 Å². The van der Waals surface area contributed by atoms with Crippen molar-refractivity contribution in [3.63, 3.8) is 0 Å². The predicted molar refractivity (Wildman–Crippen MR) is 63.3 cm³/mol. The van der Waals surface area contributed by atoms with Crippen molar-refractivity contribution in [3.8, 4) is 0 Å². The van der Waals surface area contributed by atoms with Gasteiger partial charge in [0.25, 0.3) is 0 Å². The second-order valence-corrected chi connectivity index (χ2v) is 4.59. The van der Waals surface area contributed by atoms with E-state index in [0.717, 1.165) is 19.4 Å². The largest absolute Gasteiger partial charge is 0.464 e. The van der Waals surface area contributed by atoms with Gasteiger partial charge in [-0.25, -0.2) is 4.79 Å². The SMILES string of the molecule is CCCCOC(=O)COCC1CCCCC1. The highest BCUT2D eigenvalue weighted by Crippen LogP contribution is 2.23. The fraction of sp³-hybridized carbons (Fsp3) is 0.923. The number of unbranched alkanes of at least 4 members (excludes halogenated alkanes) is 1. The van der Waals surface area contributed by atoms with E-state index in [0.29, 0.717) is 12.5 Å². The molecule has 0 N–H and O–H groups in total. The van der Waals surface area contributed by atoms with E-state index in [1.54, 1.807) is 0 Å². The Morgan fingerprint density at radius 1 is 1.25 bits per heavy atom. The molecule has 0 spiro atoms. The van der Waals surface area contributed by atoms with Crippen LogP contribution < -0.4 is 0 Å². The van der Waals surface area contributed by atoms with Crippen LogP contribution in [0, 0.1) is 5.92 Å². The summed E-state index contributed by atoms with van der Waals surface area (Å²) in [5.41, 5.74) is 0. The summed E-state index contributed by atoms with van der Waals surface area (Å²) >= 11 is 0. The van der Waals surface area contributed by atoms with Gasteiger partial charge < -0.3 is 9.47 Å². The minimum absolute atomic E-state index is 0.125. The van der Waals surface area contributed by atoms with Gasteiger partial charge in [-0.15, -0.1) is 0 Å². The molecule has 1 fully saturated rings. The average molecular weight is 228 g/mol. The molecule has 0 aromatic rings. The van der Waals surface area contributed by atoms with Gasteiger partial charge in [-0.2, -0.15) is 0 Å². The molecule has 0 aromatic carbocycles. The van der Waals surface area contributed by atoms with E-state index in [1.165, 1.54) is 32.1 Å². The van der Waals surface area contributed by atoms with Crippen molar-refractivity contribution in [2.24, 2.45) is 5.92 Å². The van der Waals surface area contributed by atoms with Gasteiger partial charge in [0.15, 0.2) is 0 Å². The lowest BCUT2D eigenvalue weighted by Gasteiger charge is -2.20. The summed E-state index contributed by atoms with van der Waals surface area (Å²) < 4.78 is 10.4. The number of hydrogen-bond donors (Lipinski definition) is 0. The van der Waals surface area contributed by atoms with Gasteiger partial charge in [0.2, 0.25) is 0 Å². The highest BCUT2D eigenvalue weighted by molar-refractivity contribution is 5.70. The van der Waals surface area contributed by atoms with Crippen molar-refractivity contribution < 1.29 is 14.3 Å². The van der Waals surface area contributed by atoms with Gasteiger partial charge in [-0.3, -0.25) is 0 Å². The molecule has 1 saturated carbocycles. The topological polar surface area (TPSA) is 35.5 Å². The van der Waals surface area contributed by atoms with Crippen LogP contribution in [0.2, 0.25) is 0 Å². The van der Waals surface area contributed by atoms with E-state index in [2.05, 4.69) is 6.92 Å². The molecule has 94 valence electrons. The standard InChI is InChI=1S/C13H24O3/c1-2-3-9-16-13(14)11-15-10-12-7-5-4-6-8-12/h12H,2-11H2,1H3. The number of hydrogen-bond acceptors (Lipinski definition) is 3. The van der Waals surface area contributed by atoms with E-state index in [9.17, 15) is 4.79 Å². The van der Waals surface area contributed by atoms with E-state index in [4.69, 9.17) is 9.47 Å². The average Bonchev–Trinajstić information content (AvgIpc) is 2.31. The molecular weight excluding hydrogens is 204 g/mol. The summed E-state index contributed by atoms with van der Waals surface area (Å²) in [5.74, 6) is 0.446. The molecule has 0 atom stereocenters. The zero-order valence-electron chi connectivity index (χ0n) is 10.4. The Balaban J connectivity index is 1.94. The lowest BCUT2D eigenvalue weighted by molar-refractivity contribution is -0.149. The molecule has 1 rings (SSSR count). The molecular formula is C13H24O3. The van der Waals surface area contributed by atoms with Crippen molar-refractivity contribution >= 4 is 5.97 Å². The number of rotatable bonds is 7. The lowest BCUT2D eigenvalue weighted by Crippen LogP contribution is -2.18. The second-order valence-electron chi connectivity index (χ2n) is 4.59. The van der Waals surface area contributed by atoms with Crippen LogP contribution in [0.25, 0.3) is 0 Å². The Hall–Kier alpha value is -0.570. The summed E-state index contributed by atoms with van der Waals surface area (Å²) in [6.07, 6.45) is 8.49. The fourth-order valence-electron chi connectivity index (χ4n) is 2.03. The van der Waals surface area contributed by atoms with Gasteiger partial charge in [-0.05, 0) is 25.2 Å². The first-order chi connectivity index (χ1) is 7.83. The summed E-state index contributed by atoms with van der Waals surface area (Å²) in [4.78, 5) is 11.2. The summed E-state index contributed by atoms with van der Waals surface area (Å²) in [7, 11) is 0. The van der Waals surface area contributed by atoms with Crippen LogP contribution in [0.15, 0.2) is 0 Å². The van der Waals surface area contributed by atoms with Gasteiger partial charge in [0.1, 0.15) is 6.61 Å². The van der Waals surface area contributed by atoms with Crippen LogP contribution in [-0.4, -0.2) is 25.8 Å². The number of carbonyl (C=O) groups excluding carboxylic acids is 1. The zero-order valence-corrected chi connectivity index (χ0v) is 10.4. The van der Waals surface area contributed by atoms with E-state index in [1.807, 2.05) is 0 Å². The second kappa shape index (κ2) is 8.57. The van der Waals surface area contributed by atoms with Gasteiger partial charge in [0, 0.05) is 0 Å². The van der Waals surface area contributed by atoms with Crippen LogP contribution in [-0.2, 0) is 14.3 Å². The van der Waals surface area contributed by atoms with Gasteiger partial charge in [-0.1, -0.05) is 32.6 Å². The molecule has 0 heterocycles. The monoisotopic (exact) mass is 228 g/mol. The van der Waals surface area contributed by atoms with Crippen molar-refractivity contribution in [2.75, 3.05) is 19.8 Å². The minimum atomic E-state index is -0.218. The predicted octanol–water partition coefficient (Wildman–Crippen LogP) is 2.93. The van der Waals surface area contributed by atoms with E-state index >= 15 is 0 Å². The van der Waals surface area contributed by atoms with E-state index in [-0.39, 0.29) is 12.6 Å². The zero-order chi connectivity index (χ0) is 11.6. The first-order valence-electron chi connectivity index (χ1n) is 6.56. The van der Waals surface area contributed by atoms with E-state index < -0.39 is 0 Å². The molecule has 3 nitrogen and oxygen atoms in total. The van der Waals surface area contributed by atoms with Gasteiger partial charge in [0.05, 0.1) is 13.2 Å². The Bertz CT molecular complexity index is 186. The first kappa shape index (κ1) is 13.5. The summed E-state index contributed by atoms with van der Waals surface area (Å²) in [6.45, 7) is 3.46. The van der Waals surface area contributed by atoms with Crippen molar-refractivity contribution in [1.29, 1.82) is 0 Å². The molecule has 0 aromatic heterocycles. The summed E-state index contributed by atoms with van der Waals surface area (Å²) in [5, 5.41) is 0. The third-order valence-electron chi connectivity index (χ3n) is 3.06. The molecule has 0 unspecified atom stereocenters. The molecule has 0 amide bonds. The van der Waals surface area contributed by atoms with Crippen LogP contribution in [0.5, 0.6) is 0 Å². The normalized spacial score (nSPS) is 17.3. The molecule has 0 radical (unpaired) electrons. The summed E-state index contributed by atoms with van der Waals surface area (Å²) in [6, 6.07) is 0. The van der Waals surface area contributed by atoms with Crippen LogP contribution in [0.1, 0.15) is 51.9 Å². The van der Waals surface area contributed by atoms with Crippen LogP contribution in [0.4, 0.5) is 0 Å². The third-order valence-corrected chi connectivity index (χ3v) is 3.06. The molecule has 0 bridgehead atoms. The maximum absolute atomic E-state index is 11.2. The minimum Gasteiger partial charge on any atom is -0.464 e. The van der Waals surface area contributed by atoms with Crippen LogP contribution >= 0.6 is 0 Å². The quantitative estimate of drug-likeness (QED) is 0.496. The third kappa shape index (κ3) is 6.11. The number of carbonyl (C=O) groups is 1.